The zero-order chi connectivity index (χ0) is 25.4. The second-order valence-electron chi connectivity index (χ2n) is 8.67. The lowest BCUT2D eigenvalue weighted by atomic mass is 9.71. The zero-order valence-electron chi connectivity index (χ0n) is 19.5. The molecule has 3 N–H and O–H groups in total. The van der Waals surface area contributed by atoms with Crippen LogP contribution in [0.15, 0.2) is 30.3 Å². The minimum Gasteiger partial charge on any atom is -0.479 e. The van der Waals surface area contributed by atoms with E-state index in [1.54, 1.807) is 30.3 Å². The van der Waals surface area contributed by atoms with Gasteiger partial charge in [0.2, 0.25) is 12.2 Å². The van der Waals surface area contributed by atoms with Crippen molar-refractivity contribution in [3.05, 3.63) is 35.9 Å². The largest absolute Gasteiger partial charge is 0.479 e. The number of esters is 1. The van der Waals surface area contributed by atoms with Gasteiger partial charge in [-0.3, -0.25) is 9.59 Å². The van der Waals surface area contributed by atoms with Gasteiger partial charge >= 0.3 is 11.9 Å². The number of carboxylic acids is 1. The molecular weight excluding hydrogens is 454 g/mol. The lowest BCUT2D eigenvalue weighted by molar-refractivity contribution is -0.224. The summed E-state index contributed by atoms with van der Waals surface area (Å²) in [5.41, 5.74) is -3.98. The zero-order valence-corrected chi connectivity index (χ0v) is 20.3. The number of carbonyl (C=O) groups is 3. The summed E-state index contributed by atoms with van der Waals surface area (Å²) in [6, 6.07) is 8.27. The Balaban J connectivity index is 3.28. The van der Waals surface area contributed by atoms with Crippen molar-refractivity contribution in [3.8, 4) is 0 Å². The molecule has 1 rings (SSSR count). The van der Waals surface area contributed by atoms with E-state index in [2.05, 4.69) is 5.32 Å². The molecule has 0 aliphatic rings. The summed E-state index contributed by atoms with van der Waals surface area (Å²) in [5.74, 6) is -3.97. The first-order valence-electron chi connectivity index (χ1n) is 10.5. The first kappa shape index (κ1) is 28.5. The van der Waals surface area contributed by atoms with Crippen molar-refractivity contribution in [2.24, 2.45) is 11.3 Å². The maximum atomic E-state index is 12.6. The van der Waals surface area contributed by atoms with Crippen LogP contribution in [0.25, 0.3) is 0 Å². The maximum absolute atomic E-state index is 12.6. The molecule has 186 valence electrons. The molecule has 33 heavy (non-hydrogen) atoms. The van der Waals surface area contributed by atoms with Gasteiger partial charge in [0.15, 0.2) is 5.60 Å². The van der Waals surface area contributed by atoms with E-state index < -0.39 is 57.5 Å². The summed E-state index contributed by atoms with van der Waals surface area (Å²) in [7, 11) is -4.32. The molecule has 0 aliphatic heterocycles. The molecule has 0 radical (unpaired) electrons. The first-order valence-corrected chi connectivity index (χ1v) is 12.1. The number of aliphatic carboxylic acids is 1. The van der Waals surface area contributed by atoms with E-state index in [1.807, 2.05) is 0 Å². The highest BCUT2D eigenvalue weighted by Gasteiger charge is 2.57. The quantitative estimate of drug-likeness (QED) is 0.162. The Kier molecular flexibility index (Phi) is 10.0. The van der Waals surface area contributed by atoms with Gasteiger partial charge in [0.1, 0.15) is 0 Å². The number of rotatable bonds is 13. The Hall–Kier alpha value is -2.50. The number of amides is 1. The first-order chi connectivity index (χ1) is 15.1. The molecule has 1 aromatic carbocycles. The monoisotopic (exact) mass is 487 g/mol. The number of nitrogens with one attached hydrogen (secondary N) is 1. The summed E-state index contributed by atoms with van der Waals surface area (Å²) in [4.78, 5) is 35.5. The van der Waals surface area contributed by atoms with Gasteiger partial charge < -0.3 is 20.3 Å². The predicted molar refractivity (Wildman–Crippen MR) is 119 cm³/mol. The lowest BCUT2D eigenvalue weighted by Crippen LogP contribution is -2.60. The second kappa shape index (κ2) is 11.6. The number of aliphatic hydroxyl groups is 1. The minimum absolute atomic E-state index is 0.0143. The van der Waals surface area contributed by atoms with Crippen LogP contribution in [0.5, 0.6) is 0 Å². The highest BCUT2D eigenvalue weighted by Crippen LogP contribution is 2.40. The third-order valence-corrected chi connectivity index (χ3v) is 6.44. The van der Waals surface area contributed by atoms with Crippen molar-refractivity contribution in [1.29, 1.82) is 0 Å². The molecule has 1 amide bonds. The smallest absolute Gasteiger partial charge is 0.336 e. The van der Waals surface area contributed by atoms with E-state index in [-0.39, 0.29) is 18.9 Å². The van der Waals surface area contributed by atoms with E-state index in [0.717, 1.165) is 0 Å². The van der Waals surface area contributed by atoms with Gasteiger partial charge in [-0.25, -0.2) is 8.98 Å². The molecule has 0 aromatic heterocycles. The topological polar surface area (TPSA) is 156 Å². The number of hydrogen-bond acceptors (Lipinski definition) is 8. The van der Waals surface area contributed by atoms with E-state index in [4.69, 9.17) is 8.92 Å². The molecule has 0 heterocycles. The van der Waals surface area contributed by atoms with Crippen LogP contribution in [0.3, 0.4) is 0 Å². The van der Waals surface area contributed by atoms with Gasteiger partial charge in [-0.05, 0) is 12.0 Å². The third kappa shape index (κ3) is 8.09. The van der Waals surface area contributed by atoms with Crippen molar-refractivity contribution in [3.63, 3.8) is 0 Å². The Morgan fingerprint density at radius 3 is 2.18 bits per heavy atom. The highest BCUT2D eigenvalue weighted by molar-refractivity contribution is 7.86. The summed E-state index contributed by atoms with van der Waals surface area (Å²) < 4.78 is 35.6. The third-order valence-electron chi connectivity index (χ3n) is 5.19. The van der Waals surface area contributed by atoms with Crippen LogP contribution in [-0.4, -0.2) is 60.7 Å². The normalized spacial score (nSPS) is 14.9. The van der Waals surface area contributed by atoms with Crippen LogP contribution in [-0.2, 0) is 39.8 Å². The fourth-order valence-corrected chi connectivity index (χ4v) is 4.03. The average molecular weight is 488 g/mol. The van der Waals surface area contributed by atoms with E-state index in [9.17, 15) is 33.0 Å². The Morgan fingerprint density at radius 2 is 1.70 bits per heavy atom. The van der Waals surface area contributed by atoms with Crippen molar-refractivity contribution in [2.75, 3.05) is 12.3 Å². The predicted octanol–water partition coefficient (Wildman–Crippen LogP) is 1.47. The molecule has 0 saturated heterocycles. The Morgan fingerprint density at radius 1 is 1.12 bits per heavy atom. The van der Waals surface area contributed by atoms with Crippen LogP contribution < -0.4 is 5.32 Å². The Bertz CT molecular complexity index is 928. The maximum Gasteiger partial charge on any atom is 0.336 e. The number of carboxylic acid groups (broad SMARTS) is 1. The summed E-state index contributed by atoms with van der Waals surface area (Å²) >= 11 is 0. The SMILES string of the molecule is CC(=O)NCCCS(=O)(=O)OC(OC(=O)C(C)C)C(C)(C)[C@](O)(Cc1ccccc1)C(=O)O. The fraction of sp³-hybridized carbons (Fsp3) is 0.591. The number of carbonyl (C=O) groups excluding carboxylic acids is 2. The summed E-state index contributed by atoms with van der Waals surface area (Å²) in [6.07, 6.45) is -2.30. The molecule has 0 saturated carbocycles. The van der Waals surface area contributed by atoms with Crippen LogP contribution in [0.4, 0.5) is 0 Å². The second-order valence-corrected chi connectivity index (χ2v) is 10.4. The fourth-order valence-electron chi connectivity index (χ4n) is 2.89. The standard InChI is InChI=1S/C22H33NO9S/c1-15(2)18(25)31-20(32-33(29,30)13-9-12-23-16(3)24)21(4,5)22(28,19(26)27)14-17-10-7-6-8-11-17/h6-8,10-11,15,20,28H,9,12-14H2,1-5H3,(H,23,24)(H,26,27)/t20?,22-/m0/s1. The van der Waals surface area contributed by atoms with Crippen molar-refractivity contribution in [2.45, 2.75) is 59.4 Å². The minimum atomic E-state index is -4.32. The molecule has 0 fully saturated rings. The van der Waals surface area contributed by atoms with Gasteiger partial charge in [-0.2, -0.15) is 8.42 Å². The van der Waals surface area contributed by atoms with Gasteiger partial charge in [0.05, 0.1) is 17.1 Å². The number of ether oxygens (including phenoxy) is 1. The molecule has 0 bridgehead atoms. The van der Waals surface area contributed by atoms with Gasteiger partial charge in [0.25, 0.3) is 10.1 Å². The molecule has 1 aromatic rings. The van der Waals surface area contributed by atoms with Crippen LogP contribution in [0.1, 0.15) is 46.6 Å². The average Bonchev–Trinajstić information content (AvgIpc) is 2.70. The summed E-state index contributed by atoms with van der Waals surface area (Å²) in [6.45, 7) is 6.91. The lowest BCUT2D eigenvalue weighted by Gasteiger charge is -2.43. The summed E-state index contributed by atoms with van der Waals surface area (Å²) in [5, 5.41) is 23.6. The van der Waals surface area contributed by atoms with Crippen LogP contribution >= 0.6 is 0 Å². The Labute approximate surface area is 194 Å². The number of hydrogen-bond donors (Lipinski definition) is 3. The molecule has 0 spiro atoms. The van der Waals surface area contributed by atoms with Gasteiger partial charge in [0, 0.05) is 19.9 Å². The molecule has 0 aliphatic carbocycles. The molecule has 11 heteroatoms. The molecule has 2 atom stereocenters. The van der Waals surface area contributed by atoms with Crippen molar-refractivity contribution >= 4 is 28.0 Å². The van der Waals surface area contributed by atoms with Crippen molar-refractivity contribution in [1.82, 2.24) is 5.32 Å². The van der Waals surface area contributed by atoms with E-state index >= 15 is 0 Å². The van der Waals surface area contributed by atoms with Crippen LogP contribution in [0.2, 0.25) is 0 Å². The van der Waals surface area contributed by atoms with Crippen LogP contribution in [0, 0.1) is 11.3 Å². The number of benzene rings is 1. The highest BCUT2D eigenvalue weighted by atomic mass is 32.2. The molecular formula is C22H33NO9S. The van der Waals surface area contributed by atoms with Crippen molar-refractivity contribution < 1.29 is 41.9 Å². The molecule has 1 unspecified atom stereocenters. The van der Waals surface area contributed by atoms with Gasteiger partial charge in [-0.1, -0.05) is 58.0 Å². The van der Waals surface area contributed by atoms with E-state index in [0.29, 0.717) is 5.56 Å². The van der Waals surface area contributed by atoms with E-state index in [1.165, 1.54) is 34.6 Å². The van der Waals surface area contributed by atoms with Gasteiger partial charge in [-0.15, -0.1) is 0 Å². The molecule has 10 nitrogen and oxygen atoms in total.